The average molecular weight is 239 g/mol. The van der Waals surface area contributed by atoms with Crippen molar-refractivity contribution in [1.29, 1.82) is 0 Å². The zero-order valence-corrected chi connectivity index (χ0v) is 10.8. The Hall–Kier alpha value is -1.36. The summed E-state index contributed by atoms with van der Waals surface area (Å²) in [6, 6.07) is 0. The third-order valence-electron chi connectivity index (χ3n) is 2.59. The normalized spacial score (nSPS) is 12.4. The Morgan fingerprint density at radius 1 is 1.65 bits per heavy atom. The van der Waals surface area contributed by atoms with Crippen molar-refractivity contribution in [3.8, 4) is 0 Å². The molecule has 1 aromatic rings. The van der Waals surface area contributed by atoms with Gasteiger partial charge in [-0.3, -0.25) is 4.79 Å². The molecule has 0 bridgehead atoms. The maximum atomic E-state index is 11.3. The molecule has 5 heteroatoms. The van der Waals surface area contributed by atoms with Crippen LogP contribution in [0.15, 0.2) is 12.4 Å². The number of carbonyl (C=O) groups is 1. The van der Waals surface area contributed by atoms with Crippen LogP contribution in [0.2, 0.25) is 0 Å². The summed E-state index contributed by atoms with van der Waals surface area (Å²) in [5.74, 6) is 0.801. The molecule has 0 fully saturated rings. The molecule has 1 aromatic heterocycles. The predicted molar refractivity (Wildman–Crippen MR) is 65.6 cm³/mol. The third-order valence-corrected chi connectivity index (χ3v) is 2.59. The molecule has 17 heavy (non-hydrogen) atoms. The van der Waals surface area contributed by atoms with E-state index in [1.807, 2.05) is 31.7 Å². The van der Waals surface area contributed by atoms with E-state index < -0.39 is 0 Å². The van der Waals surface area contributed by atoms with E-state index in [0.717, 1.165) is 18.8 Å². The van der Waals surface area contributed by atoms with Crippen molar-refractivity contribution in [1.82, 2.24) is 14.9 Å². The van der Waals surface area contributed by atoms with E-state index in [2.05, 4.69) is 10.3 Å². The van der Waals surface area contributed by atoms with Crippen LogP contribution >= 0.6 is 0 Å². The maximum absolute atomic E-state index is 11.3. The van der Waals surface area contributed by atoms with Gasteiger partial charge >= 0.3 is 5.97 Å². The number of hydrogen-bond donors (Lipinski definition) is 1. The summed E-state index contributed by atoms with van der Waals surface area (Å²) in [6.07, 6.45) is 4.58. The van der Waals surface area contributed by atoms with E-state index in [4.69, 9.17) is 4.74 Å². The number of aromatic nitrogens is 2. The van der Waals surface area contributed by atoms with Gasteiger partial charge in [-0.15, -0.1) is 0 Å². The van der Waals surface area contributed by atoms with Crippen LogP contribution in [-0.2, 0) is 23.0 Å². The van der Waals surface area contributed by atoms with E-state index in [0.29, 0.717) is 13.2 Å². The van der Waals surface area contributed by atoms with Crippen LogP contribution < -0.4 is 5.32 Å². The molecule has 0 aliphatic heterocycles. The van der Waals surface area contributed by atoms with Crippen LogP contribution in [-0.4, -0.2) is 35.2 Å². The van der Waals surface area contributed by atoms with E-state index in [9.17, 15) is 4.79 Å². The van der Waals surface area contributed by atoms with Crippen LogP contribution in [0.25, 0.3) is 0 Å². The lowest BCUT2D eigenvalue weighted by Crippen LogP contribution is -2.29. The molecular weight excluding hydrogens is 218 g/mol. The van der Waals surface area contributed by atoms with Crippen LogP contribution in [0.3, 0.4) is 0 Å². The lowest BCUT2D eigenvalue weighted by molar-refractivity contribution is -0.147. The summed E-state index contributed by atoms with van der Waals surface area (Å²) in [7, 11) is 1.98. The van der Waals surface area contributed by atoms with Gasteiger partial charge in [0.15, 0.2) is 0 Å². The largest absolute Gasteiger partial charge is 0.466 e. The van der Waals surface area contributed by atoms with Crippen molar-refractivity contribution in [3.05, 3.63) is 18.2 Å². The van der Waals surface area contributed by atoms with Crippen molar-refractivity contribution in [2.24, 2.45) is 13.0 Å². The molecule has 1 rings (SSSR count). The highest BCUT2D eigenvalue weighted by Crippen LogP contribution is 1.98. The monoisotopic (exact) mass is 239 g/mol. The Bertz CT molecular complexity index is 349. The van der Waals surface area contributed by atoms with Crippen molar-refractivity contribution < 1.29 is 9.53 Å². The first-order valence-electron chi connectivity index (χ1n) is 5.98. The fourth-order valence-corrected chi connectivity index (χ4v) is 1.52. The van der Waals surface area contributed by atoms with Gasteiger partial charge in [-0.25, -0.2) is 4.98 Å². The Labute approximate surface area is 102 Å². The molecule has 1 unspecified atom stereocenters. The maximum Gasteiger partial charge on any atom is 0.309 e. The lowest BCUT2D eigenvalue weighted by atomic mass is 10.2. The highest BCUT2D eigenvalue weighted by molar-refractivity contribution is 5.72. The number of nitrogens with zero attached hydrogens (tertiary/aromatic N) is 2. The molecule has 0 amide bonds. The fraction of sp³-hybridized carbons (Fsp3) is 0.667. The van der Waals surface area contributed by atoms with E-state index in [1.165, 1.54) is 0 Å². The van der Waals surface area contributed by atoms with Crippen LogP contribution in [0.5, 0.6) is 0 Å². The zero-order chi connectivity index (χ0) is 12.7. The number of carbonyl (C=O) groups excluding carboxylic acids is 1. The predicted octanol–water partition coefficient (Wildman–Crippen LogP) is 0.751. The minimum Gasteiger partial charge on any atom is -0.466 e. The highest BCUT2D eigenvalue weighted by Gasteiger charge is 2.12. The molecule has 0 aliphatic carbocycles. The first-order valence-corrected chi connectivity index (χ1v) is 5.98. The van der Waals surface area contributed by atoms with Gasteiger partial charge in [0.25, 0.3) is 0 Å². The first-order chi connectivity index (χ1) is 8.15. The molecule has 0 spiro atoms. The quantitative estimate of drug-likeness (QED) is 0.563. The second kappa shape index (κ2) is 7.06. The Kier molecular flexibility index (Phi) is 5.69. The summed E-state index contributed by atoms with van der Waals surface area (Å²) in [5.41, 5.74) is 0. The Balaban J connectivity index is 2.16. The van der Waals surface area contributed by atoms with Crippen molar-refractivity contribution >= 4 is 5.97 Å². The van der Waals surface area contributed by atoms with Gasteiger partial charge in [-0.2, -0.15) is 0 Å². The van der Waals surface area contributed by atoms with E-state index in [1.54, 1.807) is 6.20 Å². The number of rotatable bonds is 7. The molecule has 5 nitrogen and oxygen atoms in total. The number of esters is 1. The zero-order valence-electron chi connectivity index (χ0n) is 10.8. The summed E-state index contributed by atoms with van der Waals surface area (Å²) in [5, 5.41) is 3.24. The molecule has 96 valence electrons. The van der Waals surface area contributed by atoms with Crippen LogP contribution in [0, 0.1) is 5.92 Å². The molecule has 0 aromatic carbocycles. The molecule has 0 aliphatic rings. The number of imidazole rings is 1. The van der Waals surface area contributed by atoms with Crippen molar-refractivity contribution in [2.75, 3.05) is 19.7 Å². The second-order valence-electron chi connectivity index (χ2n) is 4.06. The van der Waals surface area contributed by atoms with Gasteiger partial charge in [0.1, 0.15) is 5.82 Å². The molecule has 0 saturated carbocycles. The van der Waals surface area contributed by atoms with Crippen LogP contribution in [0.4, 0.5) is 0 Å². The Morgan fingerprint density at radius 2 is 2.41 bits per heavy atom. The van der Waals surface area contributed by atoms with Gasteiger partial charge in [0.2, 0.25) is 0 Å². The molecule has 1 heterocycles. The van der Waals surface area contributed by atoms with E-state index >= 15 is 0 Å². The number of nitrogens with one attached hydrogen (secondary N) is 1. The number of hydrogen-bond acceptors (Lipinski definition) is 4. The fourth-order valence-electron chi connectivity index (χ4n) is 1.52. The minimum atomic E-state index is -0.142. The minimum absolute atomic E-state index is 0.101. The topological polar surface area (TPSA) is 56.1 Å². The van der Waals surface area contributed by atoms with Gasteiger partial charge < -0.3 is 14.6 Å². The molecule has 0 saturated heterocycles. The van der Waals surface area contributed by atoms with Crippen molar-refractivity contribution in [2.45, 2.75) is 20.3 Å². The number of ether oxygens (including phenoxy) is 1. The first kappa shape index (κ1) is 13.7. The molecular formula is C12H21N3O2. The van der Waals surface area contributed by atoms with E-state index in [-0.39, 0.29) is 11.9 Å². The molecule has 0 radical (unpaired) electrons. The standard InChI is InChI=1S/C12H21N3O2/c1-4-17-12(16)10(2)9-13-6-5-11-14-7-8-15(11)3/h7-8,10,13H,4-6,9H2,1-3H3. The molecule has 1 N–H and O–H groups in total. The summed E-state index contributed by atoms with van der Waals surface area (Å²) >= 11 is 0. The lowest BCUT2D eigenvalue weighted by Gasteiger charge is -2.11. The smallest absolute Gasteiger partial charge is 0.309 e. The summed E-state index contributed by atoms with van der Waals surface area (Å²) in [6.45, 7) is 5.58. The average Bonchev–Trinajstić information content (AvgIpc) is 2.70. The second-order valence-corrected chi connectivity index (χ2v) is 4.06. The number of aryl methyl sites for hydroxylation is 1. The Morgan fingerprint density at radius 3 is 3.00 bits per heavy atom. The van der Waals surface area contributed by atoms with Crippen LogP contribution in [0.1, 0.15) is 19.7 Å². The van der Waals surface area contributed by atoms with Gasteiger partial charge in [-0.05, 0) is 6.92 Å². The van der Waals surface area contributed by atoms with Gasteiger partial charge in [0.05, 0.1) is 12.5 Å². The van der Waals surface area contributed by atoms with Gasteiger partial charge in [-0.1, -0.05) is 6.92 Å². The highest BCUT2D eigenvalue weighted by atomic mass is 16.5. The van der Waals surface area contributed by atoms with Crippen molar-refractivity contribution in [3.63, 3.8) is 0 Å². The summed E-state index contributed by atoms with van der Waals surface area (Å²) in [4.78, 5) is 15.6. The molecule has 1 atom stereocenters. The van der Waals surface area contributed by atoms with Gasteiger partial charge in [0, 0.05) is 39.0 Å². The summed E-state index contributed by atoms with van der Waals surface area (Å²) < 4.78 is 6.93. The third kappa shape index (κ3) is 4.56. The SMILES string of the molecule is CCOC(=O)C(C)CNCCc1nccn1C.